The summed E-state index contributed by atoms with van der Waals surface area (Å²) < 4.78 is 18.3. The molecular formula is C21H45FN2O2. The molecule has 1 amide bonds. The molecule has 1 rings (SSSR count). The minimum Gasteiger partial charge on any atom is -0.380 e. The second kappa shape index (κ2) is 15.4. The maximum Gasteiger partial charge on any atom is 0.224 e. The second-order valence-electron chi connectivity index (χ2n) is 8.14. The van der Waals surface area contributed by atoms with Gasteiger partial charge in [-0.25, -0.2) is 0 Å². The lowest BCUT2D eigenvalue weighted by Gasteiger charge is -2.37. The Bertz CT molecular complexity index is 329. The van der Waals surface area contributed by atoms with Gasteiger partial charge in [0, 0.05) is 33.2 Å². The highest BCUT2D eigenvalue weighted by atomic mass is 19.1. The fourth-order valence-corrected chi connectivity index (χ4v) is 2.48. The maximum atomic E-state index is 12.7. The van der Waals surface area contributed by atoms with Crippen LogP contribution >= 0.6 is 0 Å². The van der Waals surface area contributed by atoms with E-state index >= 15 is 0 Å². The summed E-state index contributed by atoms with van der Waals surface area (Å²) in [5.41, 5.74) is -0.0602. The van der Waals surface area contributed by atoms with E-state index in [2.05, 4.69) is 25.7 Å². The smallest absolute Gasteiger partial charge is 0.224 e. The molecule has 0 unspecified atom stereocenters. The van der Waals surface area contributed by atoms with E-state index < -0.39 is 0 Å². The van der Waals surface area contributed by atoms with Crippen molar-refractivity contribution in [2.75, 3.05) is 53.6 Å². The van der Waals surface area contributed by atoms with Crippen LogP contribution in [0.25, 0.3) is 0 Å². The number of hydrogen-bond acceptors (Lipinski definition) is 3. The summed E-state index contributed by atoms with van der Waals surface area (Å²) in [6.45, 7) is 18.7. The van der Waals surface area contributed by atoms with Crippen molar-refractivity contribution in [2.45, 2.75) is 61.3 Å². The average molecular weight is 377 g/mol. The van der Waals surface area contributed by atoms with Crippen LogP contribution in [0.4, 0.5) is 4.39 Å². The number of hydrogen-bond donors (Lipinski definition) is 0. The van der Waals surface area contributed by atoms with Crippen LogP contribution in [-0.2, 0) is 9.53 Å². The Morgan fingerprint density at radius 1 is 1.15 bits per heavy atom. The van der Waals surface area contributed by atoms with Crippen molar-refractivity contribution in [3.05, 3.63) is 0 Å². The SMILES string of the molecule is CC.CC(C)C(=O)N(C)C.CC(C)COCCN1CCC(C)(CF)CC1. The van der Waals surface area contributed by atoms with Crippen molar-refractivity contribution in [3.8, 4) is 0 Å². The molecule has 0 bridgehead atoms. The van der Waals surface area contributed by atoms with Gasteiger partial charge in [-0.2, -0.15) is 0 Å². The van der Waals surface area contributed by atoms with Crippen molar-refractivity contribution in [1.29, 1.82) is 0 Å². The number of nitrogens with zero attached hydrogens (tertiary/aromatic N) is 2. The molecule has 0 spiro atoms. The Morgan fingerprint density at radius 2 is 1.65 bits per heavy atom. The Kier molecular flexibility index (Phi) is 16.3. The molecule has 1 aliphatic heterocycles. The number of carbonyl (C=O) groups is 1. The molecule has 26 heavy (non-hydrogen) atoms. The largest absolute Gasteiger partial charge is 0.380 e. The number of likely N-dealkylation sites (tertiary alicyclic amines) is 1. The highest BCUT2D eigenvalue weighted by Crippen LogP contribution is 2.30. The molecule has 1 heterocycles. The monoisotopic (exact) mass is 376 g/mol. The van der Waals surface area contributed by atoms with E-state index in [0.29, 0.717) is 5.92 Å². The third-order valence-corrected chi connectivity index (χ3v) is 4.32. The van der Waals surface area contributed by atoms with Gasteiger partial charge in [0.2, 0.25) is 5.91 Å². The minimum absolute atomic E-state index is 0.0602. The molecule has 1 fully saturated rings. The van der Waals surface area contributed by atoms with Gasteiger partial charge in [-0.05, 0) is 37.3 Å². The third kappa shape index (κ3) is 13.5. The van der Waals surface area contributed by atoms with E-state index in [4.69, 9.17) is 4.74 Å². The van der Waals surface area contributed by atoms with E-state index in [1.54, 1.807) is 19.0 Å². The number of alkyl halides is 1. The molecule has 5 heteroatoms. The average Bonchev–Trinajstić information content (AvgIpc) is 2.61. The van der Waals surface area contributed by atoms with E-state index in [9.17, 15) is 9.18 Å². The number of amides is 1. The van der Waals surface area contributed by atoms with Crippen LogP contribution in [0.5, 0.6) is 0 Å². The highest BCUT2D eigenvalue weighted by molar-refractivity contribution is 5.77. The maximum absolute atomic E-state index is 12.7. The summed E-state index contributed by atoms with van der Waals surface area (Å²) in [5.74, 6) is 0.922. The molecule has 1 saturated heterocycles. The summed E-state index contributed by atoms with van der Waals surface area (Å²) in [7, 11) is 3.53. The van der Waals surface area contributed by atoms with Crippen LogP contribution in [-0.4, -0.2) is 69.3 Å². The van der Waals surface area contributed by atoms with Gasteiger partial charge in [0.1, 0.15) is 0 Å². The lowest BCUT2D eigenvalue weighted by Crippen LogP contribution is -2.41. The Labute approximate surface area is 162 Å². The molecule has 0 aliphatic carbocycles. The Morgan fingerprint density at radius 3 is 1.96 bits per heavy atom. The van der Waals surface area contributed by atoms with Gasteiger partial charge in [0.25, 0.3) is 0 Å². The zero-order valence-electron chi connectivity index (χ0n) is 18.9. The van der Waals surface area contributed by atoms with Crippen molar-refractivity contribution >= 4 is 5.91 Å². The number of piperidine rings is 1. The number of rotatable bonds is 7. The van der Waals surface area contributed by atoms with E-state index in [-0.39, 0.29) is 23.9 Å². The molecule has 0 radical (unpaired) electrons. The first kappa shape index (κ1) is 27.5. The summed E-state index contributed by atoms with van der Waals surface area (Å²) in [6.07, 6.45) is 1.96. The Balaban J connectivity index is 0. The van der Waals surface area contributed by atoms with Gasteiger partial charge in [0.05, 0.1) is 13.3 Å². The predicted molar refractivity (Wildman–Crippen MR) is 110 cm³/mol. The highest BCUT2D eigenvalue weighted by Gasteiger charge is 2.29. The summed E-state index contributed by atoms with van der Waals surface area (Å²) in [5, 5.41) is 0. The van der Waals surface area contributed by atoms with Gasteiger partial charge in [0.15, 0.2) is 0 Å². The first-order chi connectivity index (χ1) is 12.1. The predicted octanol–water partition coefficient (Wildman–Crippen LogP) is 4.49. The number of carbonyl (C=O) groups excluding carboxylic acids is 1. The Hall–Kier alpha value is -0.680. The molecule has 4 nitrogen and oxygen atoms in total. The van der Waals surface area contributed by atoms with Crippen molar-refractivity contribution in [1.82, 2.24) is 9.80 Å². The molecule has 158 valence electrons. The molecule has 0 atom stereocenters. The lowest BCUT2D eigenvalue weighted by molar-refractivity contribution is -0.131. The van der Waals surface area contributed by atoms with Crippen LogP contribution in [0.2, 0.25) is 0 Å². The van der Waals surface area contributed by atoms with E-state index in [1.165, 1.54) is 0 Å². The molecule has 1 aliphatic rings. The van der Waals surface area contributed by atoms with Crippen LogP contribution in [0.15, 0.2) is 0 Å². The van der Waals surface area contributed by atoms with Crippen LogP contribution < -0.4 is 0 Å². The molecular weight excluding hydrogens is 331 g/mol. The summed E-state index contributed by atoms with van der Waals surface area (Å²) >= 11 is 0. The quantitative estimate of drug-likeness (QED) is 0.614. The first-order valence-electron chi connectivity index (χ1n) is 10.2. The van der Waals surface area contributed by atoms with Gasteiger partial charge < -0.3 is 14.5 Å². The normalized spacial score (nSPS) is 16.5. The van der Waals surface area contributed by atoms with Crippen LogP contribution in [0.1, 0.15) is 61.3 Å². The lowest BCUT2D eigenvalue weighted by atomic mass is 9.82. The zero-order valence-corrected chi connectivity index (χ0v) is 18.9. The minimum atomic E-state index is -0.176. The zero-order chi connectivity index (χ0) is 20.8. The van der Waals surface area contributed by atoms with Crippen molar-refractivity contribution in [2.24, 2.45) is 17.3 Å². The van der Waals surface area contributed by atoms with E-state index in [0.717, 1.165) is 45.7 Å². The first-order valence-corrected chi connectivity index (χ1v) is 10.2. The molecule has 0 N–H and O–H groups in total. The molecule has 0 aromatic heterocycles. The second-order valence-corrected chi connectivity index (χ2v) is 8.14. The summed E-state index contributed by atoms with van der Waals surface area (Å²) in [6, 6.07) is 0. The molecule has 0 saturated carbocycles. The fraction of sp³-hybridized carbons (Fsp3) is 0.952. The standard InChI is InChI=1S/C13H26FNO.C6H13NO.C2H6/c1-12(2)10-16-9-8-15-6-4-13(3,11-14)5-7-15;1-5(2)6(8)7(3)4;1-2/h12H,4-11H2,1-3H3;5H,1-4H3;1-2H3. The van der Waals surface area contributed by atoms with Crippen LogP contribution in [0.3, 0.4) is 0 Å². The van der Waals surface area contributed by atoms with Gasteiger partial charge >= 0.3 is 0 Å². The number of halogens is 1. The third-order valence-electron chi connectivity index (χ3n) is 4.32. The molecule has 0 aromatic rings. The van der Waals surface area contributed by atoms with Crippen LogP contribution in [0, 0.1) is 17.3 Å². The van der Waals surface area contributed by atoms with Gasteiger partial charge in [-0.15, -0.1) is 0 Å². The van der Waals surface area contributed by atoms with Gasteiger partial charge in [-0.1, -0.05) is 48.5 Å². The molecule has 0 aromatic carbocycles. The van der Waals surface area contributed by atoms with Gasteiger partial charge in [-0.3, -0.25) is 9.18 Å². The van der Waals surface area contributed by atoms with E-state index in [1.807, 2.05) is 27.7 Å². The van der Waals surface area contributed by atoms with Crippen molar-refractivity contribution < 1.29 is 13.9 Å². The fourth-order valence-electron chi connectivity index (χ4n) is 2.48. The summed E-state index contributed by atoms with van der Waals surface area (Å²) in [4.78, 5) is 14.8. The number of ether oxygens (including phenoxy) is 1. The van der Waals surface area contributed by atoms with Crippen molar-refractivity contribution in [3.63, 3.8) is 0 Å². The topological polar surface area (TPSA) is 32.8 Å².